The first-order valence-corrected chi connectivity index (χ1v) is 7.22. The van der Waals surface area contributed by atoms with Crippen molar-refractivity contribution in [1.29, 1.82) is 0 Å². The van der Waals surface area contributed by atoms with E-state index in [9.17, 15) is 17.6 Å². The van der Waals surface area contributed by atoms with Crippen LogP contribution in [0.1, 0.15) is 12.8 Å². The molecule has 0 unspecified atom stereocenters. The number of halogens is 1. The van der Waals surface area contributed by atoms with Crippen LogP contribution in [0.3, 0.4) is 0 Å². The van der Waals surface area contributed by atoms with E-state index in [1.54, 1.807) is 0 Å². The molecule has 0 radical (unpaired) electrons. The van der Waals surface area contributed by atoms with Gasteiger partial charge in [-0.05, 0) is 31.0 Å². The SMILES string of the molecule is NCC(=O)Nc1ccc(F)c(S(=O)(=O)NC2CC2)c1. The Morgan fingerprint density at radius 1 is 1.42 bits per heavy atom. The molecule has 1 aromatic carbocycles. The van der Waals surface area contributed by atoms with E-state index >= 15 is 0 Å². The summed E-state index contributed by atoms with van der Waals surface area (Å²) in [5, 5.41) is 2.38. The third-order valence-electron chi connectivity index (χ3n) is 2.59. The van der Waals surface area contributed by atoms with Crippen LogP contribution in [0.25, 0.3) is 0 Å². The topological polar surface area (TPSA) is 101 Å². The molecule has 1 amide bonds. The Morgan fingerprint density at radius 2 is 2.11 bits per heavy atom. The molecule has 0 aromatic heterocycles. The summed E-state index contributed by atoms with van der Waals surface area (Å²) in [7, 11) is -3.90. The number of anilines is 1. The fourth-order valence-electron chi connectivity index (χ4n) is 1.48. The van der Waals surface area contributed by atoms with Crippen molar-refractivity contribution in [2.75, 3.05) is 11.9 Å². The highest BCUT2D eigenvalue weighted by molar-refractivity contribution is 7.89. The second-order valence-corrected chi connectivity index (χ2v) is 5.98. The number of benzene rings is 1. The van der Waals surface area contributed by atoms with Crippen LogP contribution in [0.5, 0.6) is 0 Å². The highest BCUT2D eigenvalue weighted by Crippen LogP contribution is 2.24. The molecule has 4 N–H and O–H groups in total. The summed E-state index contributed by atoms with van der Waals surface area (Å²) in [6.07, 6.45) is 1.51. The molecule has 104 valence electrons. The molecule has 1 aliphatic rings. The van der Waals surface area contributed by atoms with Gasteiger partial charge < -0.3 is 11.1 Å². The van der Waals surface area contributed by atoms with E-state index in [0.717, 1.165) is 25.0 Å². The summed E-state index contributed by atoms with van der Waals surface area (Å²) < 4.78 is 39.8. The smallest absolute Gasteiger partial charge is 0.243 e. The highest BCUT2D eigenvalue weighted by atomic mass is 32.2. The number of nitrogens with one attached hydrogen (secondary N) is 2. The number of hydrogen-bond acceptors (Lipinski definition) is 4. The van der Waals surface area contributed by atoms with Crippen molar-refractivity contribution < 1.29 is 17.6 Å². The average molecular weight is 287 g/mol. The molecule has 0 heterocycles. The van der Waals surface area contributed by atoms with Crippen LogP contribution in [0.15, 0.2) is 23.1 Å². The molecule has 6 nitrogen and oxygen atoms in total. The average Bonchev–Trinajstić information content (AvgIpc) is 3.14. The van der Waals surface area contributed by atoms with Crippen molar-refractivity contribution in [3.63, 3.8) is 0 Å². The van der Waals surface area contributed by atoms with Crippen molar-refractivity contribution >= 4 is 21.6 Å². The lowest BCUT2D eigenvalue weighted by atomic mass is 10.3. The predicted molar refractivity (Wildman–Crippen MR) is 67.4 cm³/mol. The Bertz CT molecular complexity index is 599. The molecule has 0 bridgehead atoms. The monoisotopic (exact) mass is 287 g/mol. The second-order valence-electron chi connectivity index (χ2n) is 4.29. The van der Waals surface area contributed by atoms with Crippen molar-refractivity contribution in [3.8, 4) is 0 Å². The summed E-state index contributed by atoms with van der Waals surface area (Å²) in [6, 6.07) is 3.23. The fraction of sp³-hybridized carbons (Fsp3) is 0.364. The van der Waals surface area contributed by atoms with E-state index in [0.29, 0.717) is 0 Å². The van der Waals surface area contributed by atoms with Gasteiger partial charge in [0.2, 0.25) is 15.9 Å². The minimum Gasteiger partial charge on any atom is -0.325 e. The molecule has 1 aromatic rings. The summed E-state index contributed by atoms with van der Waals surface area (Å²) in [5.74, 6) is -1.34. The second kappa shape index (κ2) is 5.24. The highest BCUT2D eigenvalue weighted by Gasteiger charge is 2.29. The third kappa shape index (κ3) is 3.49. The van der Waals surface area contributed by atoms with Gasteiger partial charge in [0.25, 0.3) is 0 Å². The van der Waals surface area contributed by atoms with Crippen molar-refractivity contribution in [2.24, 2.45) is 5.73 Å². The Hall–Kier alpha value is -1.51. The molecule has 8 heteroatoms. The van der Waals surface area contributed by atoms with E-state index in [2.05, 4.69) is 10.0 Å². The van der Waals surface area contributed by atoms with Crippen molar-refractivity contribution in [1.82, 2.24) is 4.72 Å². The number of carbonyl (C=O) groups is 1. The summed E-state index contributed by atoms with van der Waals surface area (Å²) >= 11 is 0. The molecule has 2 rings (SSSR count). The molecule has 0 atom stereocenters. The summed E-state index contributed by atoms with van der Waals surface area (Å²) in [5.41, 5.74) is 5.32. The zero-order chi connectivity index (χ0) is 14.0. The molecule has 1 saturated carbocycles. The Balaban J connectivity index is 2.28. The van der Waals surface area contributed by atoms with Crippen LogP contribution in [0.4, 0.5) is 10.1 Å². The van der Waals surface area contributed by atoms with Crippen LogP contribution >= 0.6 is 0 Å². The lowest BCUT2D eigenvalue weighted by molar-refractivity contribution is -0.114. The molecule has 1 fully saturated rings. The van der Waals surface area contributed by atoms with Crippen LogP contribution < -0.4 is 15.8 Å². The van der Waals surface area contributed by atoms with Crippen molar-refractivity contribution in [3.05, 3.63) is 24.0 Å². The van der Waals surface area contributed by atoms with Gasteiger partial charge in [0, 0.05) is 11.7 Å². The standard InChI is InChI=1S/C11H14FN3O3S/c12-9-4-3-8(14-11(16)6-13)5-10(9)19(17,18)15-7-1-2-7/h3-5,7,15H,1-2,6,13H2,(H,14,16). The maximum Gasteiger partial charge on any atom is 0.243 e. The molecule has 0 aliphatic heterocycles. The number of carbonyl (C=O) groups excluding carboxylic acids is 1. The molecule has 0 spiro atoms. The van der Waals surface area contributed by atoms with E-state index in [1.165, 1.54) is 6.07 Å². The fourth-order valence-corrected chi connectivity index (χ4v) is 2.89. The molecule has 1 aliphatic carbocycles. The van der Waals surface area contributed by atoms with E-state index in [1.807, 2.05) is 0 Å². The number of sulfonamides is 1. The Labute approximate surface area is 110 Å². The first-order chi connectivity index (χ1) is 8.92. The van der Waals surface area contributed by atoms with E-state index < -0.39 is 26.6 Å². The zero-order valence-corrected chi connectivity index (χ0v) is 10.8. The largest absolute Gasteiger partial charge is 0.325 e. The van der Waals surface area contributed by atoms with Gasteiger partial charge >= 0.3 is 0 Å². The van der Waals surface area contributed by atoms with Gasteiger partial charge in [0.15, 0.2) is 0 Å². The Morgan fingerprint density at radius 3 is 2.68 bits per heavy atom. The quantitative estimate of drug-likeness (QED) is 0.718. The normalized spacial score (nSPS) is 15.3. The summed E-state index contributed by atoms with van der Waals surface area (Å²) in [6.45, 7) is -0.236. The van der Waals surface area contributed by atoms with Gasteiger partial charge in [-0.15, -0.1) is 0 Å². The minimum absolute atomic E-state index is 0.119. The maximum absolute atomic E-state index is 13.6. The van der Waals surface area contributed by atoms with Crippen LogP contribution in [-0.2, 0) is 14.8 Å². The Kier molecular flexibility index (Phi) is 3.83. The number of nitrogens with two attached hydrogens (primary N) is 1. The molecular formula is C11H14FN3O3S. The van der Waals surface area contributed by atoms with Gasteiger partial charge in [-0.2, -0.15) is 0 Å². The van der Waals surface area contributed by atoms with Gasteiger partial charge in [0.05, 0.1) is 6.54 Å². The lowest BCUT2D eigenvalue weighted by Gasteiger charge is -2.09. The van der Waals surface area contributed by atoms with Gasteiger partial charge in [0.1, 0.15) is 10.7 Å². The van der Waals surface area contributed by atoms with Crippen molar-refractivity contribution in [2.45, 2.75) is 23.8 Å². The maximum atomic E-state index is 13.6. The lowest BCUT2D eigenvalue weighted by Crippen LogP contribution is -2.27. The molecular weight excluding hydrogens is 273 g/mol. The first kappa shape index (κ1) is 13.9. The minimum atomic E-state index is -3.90. The zero-order valence-electron chi connectivity index (χ0n) is 10.0. The van der Waals surface area contributed by atoms with Gasteiger partial charge in [-0.1, -0.05) is 0 Å². The van der Waals surface area contributed by atoms with Gasteiger partial charge in [-0.25, -0.2) is 17.5 Å². The van der Waals surface area contributed by atoms with E-state index in [-0.39, 0.29) is 18.3 Å². The third-order valence-corrected chi connectivity index (χ3v) is 4.12. The first-order valence-electron chi connectivity index (χ1n) is 5.74. The predicted octanol–water partition coefficient (Wildman–Crippen LogP) is 0.164. The van der Waals surface area contributed by atoms with Crippen LogP contribution in [-0.4, -0.2) is 26.9 Å². The molecule has 0 saturated heterocycles. The van der Waals surface area contributed by atoms with Crippen LogP contribution in [0.2, 0.25) is 0 Å². The molecule has 19 heavy (non-hydrogen) atoms. The number of amides is 1. The van der Waals surface area contributed by atoms with Gasteiger partial charge in [-0.3, -0.25) is 4.79 Å². The van der Waals surface area contributed by atoms with Crippen LogP contribution in [0, 0.1) is 5.82 Å². The number of hydrogen-bond donors (Lipinski definition) is 3. The number of rotatable bonds is 5. The van der Waals surface area contributed by atoms with E-state index in [4.69, 9.17) is 5.73 Å². The summed E-state index contributed by atoms with van der Waals surface area (Å²) in [4.78, 5) is 10.6.